The largest absolute Gasteiger partial charge is 0.496 e. The quantitative estimate of drug-likeness (QED) is 0.852. The Morgan fingerprint density at radius 2 is 2.17 bits per heavy atom. The van der Waals surface area contributed by atoms with E-state index in [1.54, 1.807) is 18.3 Å². The van der Waals surface area contributed by atoms with Crippen LogP contribution in [0.5, 0.6) is 5.75 Å². The Balaban J connectivity index is 1.70. The molecule has 1 fully saturated rings. The molecule has 5 heteroatoms. The molecule has 1 aromatic heterocycles. The third-order valence-corrected chi connectivity index (χ3v) is 4.25. The van der Waals surface area contributed by atoms with Crippen LogP contribution in [0.25, 0.3) is 0 Å². The first kappa shape index (κ1) is 15.6. The van der Waals surface area contributed by atoms with Gasteiger partial charge >= 0.3 is 0 Å². The number of amides is 1. The van der Waals surface area contributed by atoms with Crippen molar-refractivity contribution in [1.82, 2.24) is 4.90 Å². The molecular formula is C18H21NO4. The van der Waals surface area contributed by atoms with Crippen LogP contribution in [-0.2, 0) is 11.3 Å². The van der Waals surface area contributed by atoms with Gasteiger partial charge in [-0.3, -0.25) is 4.79 Å². The summed E-state index contributed by atoms with van der Waals surface area (Å²) in [6.45, 7) is 0.696. The average Bonchev–Trinajstić information content (AvgIpc) is 3.19. The van der Waals surface area contributed by atoms with Crippen LogP contribution in [0.15, 0.2) is 47.1 Å². The minimum absolute atomic E-state index is 0.0533. The number of hydrogen-bond donors (Lipinski definition) is 1. The van der Waals surface area contributed by atoms with Crippen LogP contribution in [-0.4, -0.2) is 36.2 Å². The van der Waals surface area contributed by atoms with Crippen molar-refractivity contribution in [2.45, 2.75) is 18.9 Å². The highest BCUT2D eigenvalue weighted by atomic mass is 16.5. The van der Waals surface area contributed by atoms with Crippen LogP contribution in [0.2, 0.25) is 0 Å². The SMILES string of the molecule is COc1ccccc1CN(CCO)C(=O)C1CC1c1ccco1. The molecule has 1 aliphatic carbocycles. The van der Waals surface area contributed by atoms with Gasteiger partial charge in [-0.05, 0) is 24.6 Å². The summed E-state index contributed by atoms with van der Waals surface area (Å²) in [7, 11) is 1.62. The maximum atomic E-state index is 12.7. The average molecular weight is 315 g/mol. The van der Waals surface area contributed by atoms with Gasteiger partial charge in [-0.2, -0.15) is 0 Å². The Bertz CT molecular complexity index is 653. The van der Waals surface area contributed by atoms with Crippen molar-refractivity contribution in [1.29, 1.82) is 0 Å². The summed E-state index contributed by atoms with van der Waals surface area (Å²) in [5.41, 5.74) is 0.937. The summed E-state index contributed by atoms with van der Waals surface area (Å²) in [5.74, 6) is 1.79. The van der Waals surface area contributed by atoms with Crippen molar-refractivity contribution in [2.75, 3.05) is 20.3 Å². The fraction of sp³-hybridized carbons (Fsp3) is 0.389. The number of rotatable bonds is 7. The van der Waals surface area contributed by atoms with Gasteiger partial charge in [-0.25, -0.2) is 0 Å². The Morgan fingerprint density at radius 3 is 2.87 bits per heavy atom. The number of aliphatic hydroxyl groups is 1. The first-order valence-corrected chi connectivity index (χ1v) is 7.79. The molecule has 0 bridgehead atoms. The lowest BCUT2D eigenvalue weighted by atomic mass is 10.1. The first-order chi connectivity index (χ1) is 11.2. The molecule has 2 aromatic rings. The van der Waals surface area contributed by atoms with Crippen molar-refractivity contribution >= 4 is 5.91 Å². The number of hydrogen-bond acceptors (Lipinski definition) is 4. The first-order valence-electron chi connectivity index (χ1n) is 7.79. The smallest absolute Gasteiger partial charge is 0.226 e. The van der Waals surface area contributed by atoms with E-state index in [1.165, 1.54) is 0 Å². The van der Waals surface area contributed by atoms with E-state index in [4.69, 9.17) is 9.15 Å². The lowest BCUT2D eigenvalue weighted by Gasteiger charge is -2.23. The molecule has 1 saturated carbocycles. The number of nitrogens with zero attached hydrogens (tertiary/aromatic N) is 1. The zero-order chi connectivity index (χ0) is 16.2. The summed E-state index contributed by atoms with van der Waals surface area (Å²) >= 11 is 0. The Labute approximate surface area is 135 Å². The van der Waals surface area contributed by atoms with Crippen LogP contribution in [0, 0.1) is 5.92 Å². The van der Waals surface area contributed by atoms with E-state index in [9.17, 15) is 9.90 Å². The van der Waals surface area contributed by atoms with Crippen molar-refractivity contribution < 1.29 is 19.1 Å². The third kappa shape index (κ3) is 3.40. The zero-order valence-electron chi connectivity index (χ0n) is 13.1. The second-order valence-electron chi connectivity index (χ2n) is 5.76. The third-order valence-electron chi connectivity index (χ3n) is 4.25. The number of carbonyl (C=O) groups excluding carboxylic acids is 1. The Hall–Kier alpha value is -2.27. The number of ether oxygens (including phenoxy) is 1. The van der Waals surface area contributed by atoms with E-state index in [1.807, 2.05) is 36.4 Å². The lowest BCUT2D eigenvalue weighted by molar-refractivity contribution is -0.133. The number of methoxy groups -OCH3 is 1. The highest BCUT2D eigenvalue weighted by Crippen LogP contribution is 2.48. The van der Waals surface area contributed by atoms with E-state index in [0.29, 0.717) is 13.1 Å². The van der Waals surface area contributed by atoms with E-state index in [-0.39, 0.29) is 24.3 Å². The maximum absolute atomic E-state index is 12.7. The van der Waals surface area contributed by atoms with E-state index in [2.05, 4.69) is 0 Å². The molecular weight excluding hydrogens is 294 g/mol. The molecule has 0 spiro atoms. The summed E-state index contributed by atoms with van der Waals surface area (Å²) < 4.78 is 10.7. The molecule has 1 heterocycles. The standard InChI is InChI=1S/C18H21NO4/c1-22-16-6-3-2-5-13(16)12-19(8-9-20)18(21)15-11-14(15)17-7-4-10-23-17/h2-7,10,14-15,20H,8-9,11-12H2,1H3. The number of carbonyl (C=O) groups is 1. The summed E-state index contributed by atoms with van der Waals surface area (Å²) in [6.07, 6.45) is 2.44. The van der Waals surface area contributed by atoms with Crippen molar-refractivity contribution in [3.63, 3.8) is 0 Å². The molecule has 0 saturated heterocycles. The molecule has 1 aliphatic rings. The normalized spacial score (nSPS) is 19.4. The topological polar surface area (TPSA) is 62.9 Å². The van der Waals surface area contributed by atoms with Crippen LogP contribution in [0.3, 0.4) is 0 Å². The highest BCUT2D eigenvalue weighted by Gasteiger charge is 2.47. The second kappa shape index (κ2) is 6.87. The summed E-state index contributed by atoms with van der Waals surface area (Å²) in [6, 6.07) is 11.4. The number of furan rings is 1. The van der Waals surface area contributed by atoms with E-state index >= 15 is 0 Å². The number of benzene rings is 1. The molecule has 1 N–H and O–H groups in total. The molecule has 0 radical (unpaired) electrons. The van der Waals surface area contributed by atoms with Gasteiger partial charge in [-0.1, -0.05) is 18.2 Å². The van der Waals surface area contributed by atoms with Gasteiger partial charge in [0.1, 0.15) is 11.5 Å². The molecule has 1 amide bonds. The molecule has 3 rings (SSSR count). The number of aliphatic hydroxyl groups excluding tert-OH is 1. The van der Waals surface area contributed by atoms with Gasteiger partial charge in [0.05, 0.1) is 20.0 Å². The van der Waals surface area contributed by atoms with Crippen LogP contribution in [0.1, 0.15) is 23.7 Å². The Morgan fingerprint density at radius 1 is 1.35 bits per heavy atom. The van der Waals surface area contributed by atoms with Crippen molar-refractivity contribution in [2.24, 2.45) is 5.92 Å². The fourth-order valence-corrected chi connectivity index (χ4v) is 2.95. The van der Waals surface area contributed by atoms with Crippen LogP contribution in [0.4, 0.5) is 0 Å². The molecule has 23 heavy (non-hydrogen) atoms. The second-order valence-corrected chi connectivity index (χ2v) is 5.76. The Kier molecular flexibility index (Phi) is 4.67. The van der Waals surface area contributed by atoms with Crippen molar-refractivity contribution in [3.05, 3.63) is 54.0 Å². The highest BCUT2D eigenvalue weighted by molar-refractivity contribution is 5.83. The van der Waals surface area contributed by atoms with Crippen LogP contribution < -0.4 is 4.74 Å². The molecule has 0 aliphatic heterocycles. The fourth-order valence-electron chi connectivity index (χ4n) is 2.95. The summed E-state index contributed by atoms with van der Waals surface area (Å²) in [5, 5.41) is 9.30. The molecule has 122 valence electrons. The van der Waals surface area contributed by atoms with E-state index < -0.39 is 0 Å². The predicted octanol–water partition coefficient (Wildman–Crippen LogP) is 2.41. The maximum Gasteiger partial charge on any atom is 0.226 e. The van der Waals surface area contributed by atoms with Gasteiger partial charge in [0.15, 0.2) is 0 Å². The molecule has 2 unspecified atom stereocenters. The summed E-state index contributed by atoms with van der Waals surface area (Å²) in [4.78, 5) is 14.4. The van der Waals surface area contributed by atoms with Gasteiger partial charge in [-0.15, -0.1) is 0 Å². The van der Waals surface area contributed by atoms with Gasteiger partial charge in [0.25, 0.3) is 0 Å². The minimum atomic E-state index is -0.0565. The zero-order valence-corrected chi connectivity index (χ0v) is 13.1. The molecule has 2 atom stereocenters. The minimum Gasteiger partial charge on any atom is -0.496 e. The lowest BCUT2D eigenvalue weighted by Crippen LogP contribution is -2.34. The van der Waals surface area contributed by atoms with E-state index in [0.717, 1.165) is 23.5 Å². The number of para-hydroxylation sites is 1. The van der Waals surface area contributed by atoms with Gasteiger partial charge in [0.2, 0.25) is 5.91 Å². The van der Waals surface area contributed by atoms with Gasteiger partial charge in [0, 0.05) is 30.5 Å². The predicted molar refractivity (Wildman–Crippen MR) is 85.1 cm³/mol. The molecule has 5 nitrogen and oxygen atoms in total. The monoisotopic (exact) mass is 315 g/mol. The van der Waals surface area contributed by atoms with Gasteiger partial charge < -0.3 is 19.2 Å². The molecule has 1 aromatic carbocycles. The van der Waals surface area contributed by atoms with Crippen LogP contribution >= 0.6 is 0 Å². The van der Waals surface area contributed by atoms with Crippen molar-refractivity contribution in [3.8, 4) is 5.75 Å².